The fourth-order valence-electron chi connectivity index (χ4n) is 12.5. The maximum Gasteiger partial charge on any atom is 0.0793 e. The molecule has 8 aliphatic rings. The van der Waals surface area contributed by atoms with Gasteiger partial charge in [0.15, 0.2) is 0 Å². The minimum absolute atomic E-state index is 0.111. The molecule has 5 nitrogen and oxygen atoms in total. The van der Waals surface area contributed by atoms with Crippen molar-refractivity contribution in [3.63, 3.8) is 0 Å². The Morgan fingerprint density at radius 3 is 2.89 bits per heavy atom. The molecule has 36 heavy (non-hydrogen) atoms. The molecule has 0 amide bonds. The third-order valence-electron chi connectivity index (χ3n) is 13.7. The van der Waals surface area contributed by atoms with Crippen LogP contribution in [0.15, 0.2) is 11.6 Å². The molecule has 7 fully saturated rings. The summed E-state index contributed by atoms with van der Waals surface area (Å²) in [5.74, 6) is 3.99. The molecule has 3 unspecified atom stereocenters. The first-order valence-electron chi connectivity index (χ1n) is 15.4. The molecule has 0 aromatic rings. The fourth-order valence-corrected chi connectivity index (χ4v) is 12.5. The molecule has 0 radical (unpaired) electrons. The molecule has 2 aliphatic heterocycles. The number of fused-ring (bicyclic) bond motifs is 6. The quantitative estimate of drug-likeness (QED) is 0.441. The Morgan fingerprint density at radius 1 is 1.14 bits per heavy atom. The van der Waals surface area contributed by atoms with Crippen LogP contribution in [0.1, 0.15) is 78.1 Å². The van der Waals surface area contributed by atoms with Gasteiger partial charge in [-0.25, -0.2) is 0 Å². The van der Waals surface area contributed by atoms with Gasteiger partial charge in [-0.05, 0) is 98.7 Å². The van der Waals surface area contributed by atoms with Crippen molar-refractivity contribution in [2.45, 2.75) is 102 Å². The number of hydrogen-bond donors (Lipinski definition) is 2. The summed E-state index contributed by atoms with van der Waals surface area (Å²) in [5.41, 5.74) is 3.10. The van der Waals surface area contributed by atoms with Crippen molar-refractivity contribution < 1.29 is 19.7 Å². The van der Waals surface area contributed by atoms with Gasteiger partial charge in [0.25, 0.3) is 0 Å². The number of allylic oxidation sites excluding steroid dienone is 1. The van der Waals surface area contributed by atoms with Crippen LogP contribution in [0.2, 0.25) is 0 Å². The van der Waals surface area contributed by atoms with Crippen LogP contribution in [0.25, 0.3) is 0 Å². The smallest absolute Gasteiger partial charge is 0.0793 e. The molecule has 2 N–H and O–H groups in total. The molecule has 3 spiro atoms. The molecule has 2 saturated heterocycles. The standard InChI is InChI=1S/C31H47NO4/c1-19-13-26-27(32(17-19)9-11-35-12-10-33)25-16-30-18-29(30)15-24-22(23(29)6-8-31(25,30)36-26)4-3-20-14-21(34)5-7-28(20,24)2/h3,19,21-27,33-34H,4-18H2,1-2H3/t19-,21-,22?,23-,24-,25+,26+,27-,28-,29?,30?,31+/m0/s1. The van der Waals surface area contributed by atoms with Gasteiger partial charge in [-0.1, -0.05) is 25.5 Å². The Hall–Kier alpha value is -0.460. The molecule has 200 valence electrons. The van der Waals surface area contributed by atoms with Gasteiger partial charge in [0.1, 0.15) is 0 Å². The summed E-state index contributed by atoms with van der Waals surface area (Å²) in [6.45, 7) is 8.40. The molecule has 2 heterocycles. The van der Waals surface area contributed by atoms with E-state index in [1.54, 1.807) is 5.57 Å². The molecule has 12 atom stereocenters. The van der Waals surface area contributed by atoms with Crippen LogP contribution >= 0.6 is 0 Å². The van der Waals surface area contributed by atoms with E-state index in [1.807, 2.05) is 0 Å². The van der Waals surface area contributed by atoms with Gasteiger partial charge in [-0.2, -0.15) is 0 Å². The Balaban J connectivity index is 1.06. The van der Waals surface area contributed by atoms with Gasteiger partial charge in [-0.3, -0.25) is 4.90 Å². The van der Waals surface area contributed by atoms with Crippen molar-refractivity contribution in [2.24, 2.45) is 45.8 Å². The summed E-state index contributed by atoms with van der Waals surface area (Å²) in [6, 6.07) is 0.577. The predicted octanol–water partition coefficient (Wildman–Crippen LogP) is 4.17. The van der Waals surface area contributed by atoms with Gasteiger partial charge in [0.05, 0.1) is 37.6 Å². The highest BCUT2D eigenvalue weighted by Gasteiger charge is 2.91. The van der Waals surface area contributed by atoms with E-state index in [0.717, 1.165) is 43.7 Å². The van der Waals surface area contributed by atoms with Crippen molar-refractivity contribution in [1.29, 1.82) is 0 Å². The third kappa shape index (κ3) is 2.66. The molecule has 0 aromatic carbocycles. The van der Waals surface area contributed by atoms with Crippen molar-refractivity contribution >= 4 is 0 Å². The van der Waals surface area contributed by atoms with Crippen molar-refractivity contribution in [3.05, 3.63) is 11.6 Å². The van der Waals surface area contributed by atoms with Crippen LogP contribution < -0.4 is 0 Å². The molecule has 0 aromatic heterocycles. The van der Waals surface area contributed by atoms with E-state index in [4.69, 9.17) is 14.6 Å². The molecule has 5 heteroatoms. The lowest BCUT2D eigenvalue weighted by Gasteiger charge is -2.60. The van der Waals surface area contributed by atoms with Crippen LogP contribution in [-0.4, -0.2) is 71.9 Å². The highest BCUT2D eigenvalue weighted by Crippen LogP contribution is 2.93. The zero-order valence-corrected chi connectivity index (χ0v) is 22.5. The van der Waals surface area contributed by atoms with Crippen molar-refractivity contribution in [3.8, 4) is 0 Å². The number of aliphatic hydroxyl groups is 2. The second-order valence-corrected chi connectivity index (χ2v) is 14.8. The van der Waals surface area contributed by atoms with Crippen LogP contribution in [0.3, 0.4) is 0 Å². The number of rotatable bonds is 5. The van der Waals surface area contributed by atoms with Gasteiger partial charge >= 0.3 is 0 Å². The van der Waals surface area contributed by atoms with Crippen LogP contribution in [-0.2, 0) is 9.47 Å². The summed E-state index contributed by atoms with van der Waals surface area (Å²) < 4.78 is 13.1. The fraction of sp³-hybridized carbons (Fsp3) is 0.935. The Morgan fingerprint density at radius 2 is 2.03 bits per heavy atom. The molecule has 0 bridgehead atoms. The first kappa shape index (κ1) is 23.4. The number of nitrogens with zero attached hydrogens (tertiary/aromatic N) is 1. The maximum absolute atomic E-state index is 10.4. The number of hydrogen-bond acceptors (Lipinski definition) is 5. The molecule has 5 saturated carbocycles. The van der Waals surface area contributed by atoms with Gasteiger partial charge in [0, 0.05) is 30.5 Å². The molecule has 8 rings (SSSR count). The molecular formula is C31H47NO4. The van der Waals surface area contributed by atoms with E-state index in [1.165, 1.54) is 57.9 Å². The zero-order chi connectivity index (χ0) is 24.5. The van der Waals surface area contributed by atoms with Crippen molar-refractivity contribution in [1.82, 2.24) is 4.90 Å². The van der Waals surface area contributed by atoms with Crippen LogP contribution in [0.5, 0.6) is 0 Å². The monoisotopic (exact) mass is 497 g/mol. The summed E-state index contributed by atoms with van der Waals surface area (Å²) in [6.07, 6.45) is 15.5. The number of ether oxygens (including phenoxy) is 2. The topological polar surface area (TPSA) is 62.2 Å². The summed E-state index contributed by atoms with van der Waals surface area (Å²) >= 11 is 0. The highest BCUT2D eigenvalue weighted by molar-refractivity contribution is 5.42. The summed E-state index contributed by atoms with van der Waals surface area (Å²) in [4.78, 5) is 2.72. The van der Waals surface area contributed by atoms with E-state index in [0.29, 0.717) is 46.8 Å². The number of aliphatic hydroxyl groups excluding tert-OH is 2. The maximum atomic E-state index is 10.4. The van der Waals surface area contributed by atoms with E-state index in [2.05, 4.69) is 24.8 Å². The van der Waals surface area contributed by atoms with Gasteiger partial charge in [-0.15, -0.1) is 0 Å². The largest absolute Gasteiger partial charge is 0.394 e. The minimum atomic E-state index is -0.111. The summed E-state index contributed by atoms with van der Waals surface area (Å²) in [5, 5.41) is 19.5. The minimum Gasteiger partial charge on any atom is -0.394 e. The lowest BCUT2D eigenvalue weighted by atomic mass is 9.47. The summed E-state index contributed by atoms with van der Waals surface area (Å²) in [7, 11) is 0. The number of likely N-dealkylation sites (tertiary alicyclic amines) is 1. The first-order valence-corrected chi connectivity index (χ1v) is 15.4. The van der Waals surface area contributed by atoms with E-state index in [9.17, 15) is 5.11 Å². The van der Waals surface area contributed by atoms with E-state index < -0.39 is 0 Å². The van der Waals surface area contributed by atoms with Crippen molar-refractivity contribution in [2.75, 3.05) is 32.9 Å². The lowest BCUT2D eigenvalue weighted by Crippen LogP contribution is -2.64. The second-order valence-electron chi connectivity index (χ2n) is 14.8. The number of piperidine rings is 1. The predicted molar refractivity (Wildman–Crippen MR) is 137 cm³/mol. The Labute approximate surface area is 217 Å². The average molecular weight is 498 g/mol. The second kappa shape index (κ2) is 7.59. The average Bonchev–Trinajstić information content (AvgIpc) is 3.33. The highest BCUT2D eigenvalue weighted by atomic mass is 16.5. The molecule has 6 aliphatic carbocycles. The van der Waals surface area contributed by atoms with Crippen LogP contribution in [0, 0.1) is 45.8 Å². The first-order chi connectivity index (χ1) is 17.4. The van der Waals surface area contributed by atoms with Gasteiger partial charge < -0.3 is 19.7 Å². The third-order valence-corrected chi connectivity index (χ3v) is 13.7. The van der Waals surface area contributed by atoms with Crippen LogP contribution in [0.4, 0.5) is 0 Å². The Bertz CT molecular complexity index is 968. The Kier molecular flexibility index (Phi) is 4.94. The lowest BCUT2D eigenvalue weighted by molar-refractivity contribution is -0.211. The van der Waals surface area contributed by atoms with E-state index in [-0.39, 0.29) is 18.3 Å². The van der Waals surface area contributed by atoms with E-state index >= 15 is 0 Å². The normalized spacial score (nSPS) is 58.3. The zero-order valence-electron chi connectivity index (χ0n) is 22.5. The SMILES string of the molecule is C[C@H]1C[C@H]2O[C@@]34CC[C@H]5C6CC=C7C[C@@H](O)CC[C@]7(C)[C@H]6CC56CC63C[C@@H]4[C@@H]2N(CCOCCO)C1. The van der Waals surface area contributed by atoms with Gasteiger partial charge in [0.2, 0.25) is 0 Å². The molecular weight excluding hydrogens is 450 g/mol.